The first-order valence-electron chi connectivity index (χ1n) is 6.71. The average Bonchev–Trinajstić information content (AvgIpc) is 3.22. The number of H-pyrrole nitrogens is 1. The van der Waals surface area contributed by atoms with E-state index < -0.39 is 18.5 Å². The molecule has 0 saturated heterocycles. The number of nitrogens with one attached hydrogen (secondary N) is 2. The summed E-state index contributed by atoms with van der Waals surface area (Å²) in [5.41, 5.74) is 0.830. The number of aromatic nitrogens is 3. The molecule has 10 nitrogen and oxygen atoms in total. The quantitative estimate of drug-likeness (QED) is 0.397. The fourth-order valence-corrected chi connectivity index (χ4v) is 1.53. The van der Waals surface area contributed by atoms with E-state index >= 15 is 0 Å². The summed E-state index contributed by atoms with van der Waals surface area (Å²) in [6.07, 6.45) is 4.12. The molecule has 2 heterocycles. The molecule has 2 aromatic rings. The van der Waals surface area contributed by atoms with Crippen LogP contribution in [-0.2, 0) is 25.7 Å². The van der Waals surface area contributed by atoms with Crippen molar-refractivity contribution in [1.29, 1.82) is 0 Å². The van der Waals surface area contributed by atoms with Gasteiger partial charge in [0.2, 0.25) is 6.61 Å². The van der Waals surface area contributed by atoms with Gasteiger partial charge in [-0.15, -0.1) is 0 Å². The second-order valence-electron chi connectivity index (χ2n) is 4.15. The zero-order chi connectivity index (χ0) is 16.5. The number of amides is 1. The number of oxazole rings is 1. The van der Waals surface area contributed by atoms with Crippen LogP contribution in [0.1, 0.15) is 18.3 Å². The zero-order valence-corrected chi connectivity index (χ0v) is 12.3. The number of hydrogen-bond acceptors (Lipinski definition) is 8. The Hall–Kier alpha value is -3.17. The summed E-state index contributed by atoms with van der Waals surface area (Å²) in [5.74, 6) is -1.11. The molecule has 0 aromatic carbocycles. The lowest BCUT2D eigenvalue weighted by molar-refractivity contribution is -0.148. The second-order valence-corrected chi connectivity index (χ2v) is 4.15. The van der Waals surface area contributed by atoms with Gasteiger partial charge in [0.1, 0.15) is 6.26 Å². The largest absolute Gasteiger partial charge is 0.463 e. The van der Waals surface area contributed by atoms with Gasteiger partial charge in [-0.3, -0.25) is 9.89 Å². The molecule has 10 heteroatoms. The normalized spacial score (nSPS) is 11.1. The molecule has 1 amide bonds. The van der Waals surface area contributed by atoms with E-state index in [0.717, 1.165) is 0 Å². The molecule has 0 radical (unpaired) electrons. The molecule has 0 fully saturated rings. The number of carbonyl (C=O) groups excluding carboxylic acids is 2. The number of rotatable bonds is 8. The van der Waals surface area contributed by atoms with Gasteiger partial charge in [0, 0.05) is 6.20 Å². The molecule has 0 aliphatic heterocycles. The number of esters is 1. The Labute approximate surface area is 130 Å². The maximum atomic E-state index is 12.2. The van der Waals surface area contributed by atoms with Crippen LogP contribution in [0.3, 0.4) is 0 Å². The molecule has 2 rings (SSSR count). The molecule has 0 atom stereocenters. The van der Waals surface area contributed by atoms with Crippen molar-refractivity contribution in [2.45, 2.75) is 13.5 Å². The summed E-state index contributed by atoms with van der Waals surface area (Å²) < 4.78 is 9.51. The van der Waals surface area contributed by atoms with Crippen molar-refractivity contribution in [3.05, 3.63) is 36.3 Å². The molecule has 0 aliphatic carbocycles. The van der Waals surface area contributed by atoms with Crippen molar-refractivity contribution in [3.8, 4) is 0 Å². The third-order valence-electron chi connectivity index (χ3n) is 2.53. The van der Waals surface area contributed by atoms with Crippen molar-refractivity contribution in [2.24, 2.45) is 5.16 Å². The smallest absolute Gasteiger partial charge is 0.347 e. The third-order valence-corrected chi connectivity index (χ3v) is 2.53. The highest BCUT2D eigenvalue weighted by Crippen LogP contribution is 1.99. The highest BCUT2D eigenvalue weighted by Gasteiger charge is 2.17. The highest BCUT2D eigenvalue weighted by molar-refractivity contribution is 6.44. The van der Waals surface area contributed by atoms with Crippen LogP contribution >= 0.6 is 0 Å². The maximum absolute atomic E-state index is 12.2. The molecule has 0 saturated carbocycles. The van der Waals surface area contributed by atoms with Crippen LogP contribution in [0.25, 0.3) is 0 Å². The van der Waals surface area contributed by atoms with Crippen LogP contribution in [0, 0.1) is 0 Å². The van der Waals surface area contributed by atoms with Gasteiger partial charge < -0.3 is 19.3 Å². The van der Waals surface area contributed by atoms with Crippen LogP contribution in [0.15, 0.2) is 34.5 Å². The lowest BCUT2D eigenvalue weighted by Crippen LogP contribution is -2.32. The van der Waals surface area contributed by atoms with E-state index in [2.05, 4.69) is 25.7 Å². The van der Waals surface area contributed by atoms with Crippen molar-refractivity contribution in [1.82, 2.24) is 20.5 Å². The molecule has 0 aliphatic rings. The van der Waals surface area contributed by atoms with Gasteiger partial charge >= 0.3 is 5.97 Å². The molecule has 2 aromatic heterocycles. The fourth-order valence-electron chi connectivity index (χ4n) is 1.53. The molecule has 122 valence electrons. The monoisotopic (exact) mass is 321 g/mol. The lowest BCUT2D eigenvalue weighted by atomic mass is 10.2. The summed E-state index contributed by atoms with van der Waals surface area (Å²) >= 11 is 0. The van der Waals surface area contributed by atoms with E-state index in [4.69, 9.17) is 14.0 Å². The van der Waals surface area contributed by atoms with Crippen molar-refractivity contribution >= 4 is 17.6 Å². The summed E-state index contributed by atoms with van der Waals surface area (Å²) in [6.45, 7) is 1.66. The van der Waals surface area contributed by atoms with Gasteiger partial charge in [-0.25, -0.2) is 9.78 Å². The second kappa shape index (κ2) is 8.32. The van der Waals surface area contributed by atoms with E-state index in [0.29, 0.717) is 11.4 Å². The minimum absolute atomic E-state index is 0.0599. The number of nitrogens with zero attached hydrogens (tertiary/aromatic N) is 3. The minimum Gasteiger partial charge on any atom is -0.463 e. The Morgan fingerprint density at radius 2 is 2.35 bits per heavy atom. The Bertz CT molecular complexity index is 650. The molecule has 0 bridgehead atoms. The van der Waals surface area contributed by atoms with Crippen molar-refractivity contribution in [3.63, 3.8) is 0 Å². The van der Waals surface area contributed by atoms with Crippen LogP contribution in [-0.4, -0.2) is 46.0 Å². The molecule has 0 unspecified atom stereocenters. The molecule has 0 spiro atoms. The molecule has 2 N–H and O–H groups in total. The van der Waals surface area contributed by atoms with E-state index in [-0.39, 0.29) is 18.9 Å². The summed E-state index contributed by atoms with van der Waals surface area (Å²) in [7, 11) is 0. The van der Waals surface area contributed by atoms with Crippen LogP contribution < -0.4 is 5.32 Å². The Kier molecular flexibility index (Phi) is 5.86. The summed E-state index contributed by atoms with van der Waals surface area (Å²) in [5, 5.41) is 12.6. The zero-order valence-electron chi connectivity index (χ0n) is 12.3. The van der Waals surface area contributed by atoms with Gasteiger partial charge in [0.25, 0.3) is 5.91 Å². The Balaban J connectivity index is 1.99. The van der Waals surface area contributed by atoms with E-state index in [9.17, 15) is 9.59 Å². The van der Waals surface area contributed by atoms with Crippen molar-refractivity contribution < 1.29 is 23.6 Å². The molecular weight excluding hydrogens is 306 g/mol. The predicted molar refractivity (Wildman–Crippen MR) is 76.1 cm³/mol. The number of carbonyl (C=O) groups is 2. The molecule has 23 heavy (non-hydrogen) atoms. The Morgan fingerprint density at radius 3 is 3.00 bits per heavy atom. The number of oxime groups is 1. The minimum atomic E-state index is -0.580. The standard InChI is InChI=1S/C13H15N5O5/c1-2-22-11(19)7-23-18-12(10-3-4-16-17-10)13(20)14-5-9-6-21-8-15-9/h3-4,6,8H,2,5,7H2,1H3,(H,14,20)(H,16,17). The average molecular weight is 321 g/mol. The predicted octanol–water partition coefficient (Wildman–Crippen LogP) is -0.00210. The van der Waals surface area contributed by atoms with E-state index in [1.54, 1.807) is 13.0 Å². The number of aromatic amines is 1. The lowest BCUT2D eigenvalue weighted by Gasteiger charge is -2.05. The van der Waals surface area contributed by atoms with Gasteiger partial charge in [-0.05, 0) is 13.0 Å². The summed E-state index contributed by atoms with van der Waals surface area (Å²) in [6, 6.07) is 1.54. The number of hydrogen-bond donors (Lipinski definition) is 2. The molecular formula is C13H15N5O5. The van der Waals surface area contributed by atoms with Gasteiger partial charge in [-0.1, -0.05) is 5.16 Å². The van der Waals surface area contributed by atoms with Gasteiger partial charge in [-0.2, -0.15) is 5.10 Å². The van der Waals surface area contributed by atoms with Crippen LogP contribution in [0.5, 0.6) is 0 Å². The van der Waals surface area contributed by atoms with Crippen molar-refractivity contribution in [2.75, 3.05) is 13.2 Å². The van der Waals surface area contributed by atoms with E-state index in [1.807, 2.05) is 0 Å². The maximum Gasteiger partial charge on any atom is 0.347 e. The third kappa shape index (κ3) is 4.95. The first kappa shape index (κ1) is 16.2. The SMILES string of the molecule is CCOC(=O)CON=C(C(=O)NCc1cocn1)c1ccn[nH]1. The fraction of sp³-hybridized carbons (Fsp3) is 0.308. The first-order valence-corrected chi connectivity index (χ1v) is 6.71. The van der Waals surface area contributed by atoms with E-state index in [1.165, 1.54) is 18.9 Å². The van der Waals surface area contributed by atoms with Gasteiger partial charge in [0.05, 0.1) is 24.5 Å². The first-order chi connectivity index (χ1) is 11.2. The van der Waals surface area contributed by atoms with Crippen LogP contribution in [0.4, 0.5) is 0 Å². The summed E-state index contributed by atoms with van der Waals surface area (Å²) in [4.78, 5) is 32.1. The number of ether oxygens (including phenoxy) is 1. The van der Waals surface area contributed by atoms with Crippen LogP contribution in [0.2, 0.25) is 0 Å². The topological polar surface area (TPSA) is 132 Å². The highest BCUT2D eigenvalue weighted by atomic mass is 16.7. The van der Waals surface area contributed by atoms with Gasteiger partial charge in [0.15, 0.2) is 12.1 Å². The Morgan fingerprint density at radius 1 is 1.48 bits per heavy atom.